The van der Waals surface area contributed by atoms with Gasteiger partial charge in [0, 0.05) is 23.1 Å². The number of furan rings is 1. The van der Waals surface area contributed by atoms with Crippen LogP contribution in [0.1, 0.15) is 27.7 Å². The first-order valence-electron chi connectivity index (χ1n) is 8.50. The third kappa shape index (κ3) is 2.88. The van der Waals surface area contributed by atoms with Crippen molar-refractivity contribution in [3.8, 4) is 0 Å². The highest BCUT2D eigenvalue weighted by Crippen LogP contribution is 2.42. The van der Waals surface area contributed by atoms with Gasteiger partial charge in [0.1, 0.15) is 0 Å². The van der Waals surface area contributed by atoms with Crippen molar-refractivity contribution in [2.45, 2.75) is 13.0 Å². The van der Waals surface area contributed by atoms with Crippen LogP contribution in [0.5, 0.6) is 0 Å². The summed E-state index contributed by atoms with van der Waals surface area (Å²) in [4.78, 5) is 31.3. The zero-order valence-electron chi connectivity index (χ0n) is 14.8. The summed E-state index contributed by atoms with van der Waals surface area (Å²) in [5.74, 6) is -1.81. The summed E-state index contributed by atoms with van der Waals surface area (Å²) in [6.45, 7) is 1.85. The third-order valence-corrected chi connectivity index (χ3v) is 5.06. The summed E-state index contributed by atoms with van der Waals surface area (Å²) >= 11 is 6.24. The number of amides is 1. The van der Waals surface area contributed by atoms with Gasteiger partial charge >= 0.3 is 0 Å². The van der Waals surface area contributed by atoms with Gasteiger partial charge in [0.25, 0.3) is 5.91 Å². The molecule has 4 rings (SSSR count). The van der Waals surface area contributed by atoms with E-state index in [0.717, 1.165) is 5.56 Å². The van der Waals surface area contributed by atoms with Gasteiger partial charge in [-0.15, -0.1) is 0 Å². The van der Waals surface area contributed by atoms with Gasteiger partial charge in [-0.1, -0.05) is 17.7 Å². The molecule has 1 aliphatic rings. The molecule has 3 aromatic rings. The Bertz CT molecular complexity index is 1090. The molecule has 140 valence electrons. The maximum atomic E-state index is 13.0. The van der Waals surface area contributed by atoms with Crippen molar-refractivity contribution in [3.05, 3.63) is 94.4 Å². The van der Waals surface area contributed by atoms with Crippen LogP contribution in [0.15, 0.2) is 76.9 Å². The Morgan fingerprint density at radius 1 is 1.21 bits per heavy atom. The summed E-state index contributed by atoms with van der Waals surface area (Å²) in [6, 6.07) is 10.7. The van der Waals surface area contributed by atoms with Crippen molar-refractivity contribution in [2.75, 3.05) is 4.90 Å². The first kappa shape index (κ1) is 18.0. The van der Waals surface area contributed by atoms with Crippen LogP contribution in [0.2, 0.25) is 5.02 Å². The smallest absolute Gasteiger partial charge is 0.294 e. The molecule has 1 aliphatic heterocycles. The molecule has 0 bridgehead atoms. The average Bonchev–Trinajstić information content (AvgIpc) is 3.32. The number of nitrogens with zero attached hydrogens (tertiary/aromatic N) is 2. The zero-order valence-corrected chi connectivity index (χ0v) is 15.6. The van der Waals surface area contributed by atoms with E-state index in [2.05, 4.69) is 4.98 Å². The van der Waals surface area contributed by atoms with Crippen LogP contribution in [0.3, 0.4) is 0 Å². The maximum absolute atomic E-state index is 13.0. The van der Waals surface area contributed by atoms with Crippen molar-refractivity contribution >= 4 is 29.0 Å². The van der Waals surface area contributed by atoms with Crippen LogP contribution in [-0.4, -0.2) is 21.8 Å². The second-order valence-electron chi connectivity index (χ2n) is 6.36. The van der Waals surface area contributed by atoms with Crippen molar-refractivity contribution in [1.82, 2.24) is 4.98 Å². The van der Waals surface area contributed by atoms with Gasteiger partial charge in [0.2, 0.25) is 5.78 Å². The fourth-order valence-corrected chi connectivity index (χ4v) is 3.41. The summed E-state index contributed by atoms with van der Waals surface area (Å²) in [5, 5.41) is 11.1. The number of aliphatic hydroxyl groups is 1. The summed E-state index contributed by atoms with van der Waals surface area (Å²) in [5.41, 5.74) is 1.89. The predicted octanol–water partition coefficient (Wildman–Crippen LogP) is 4.42. The number of Topliss-reactive ketones (excluding diaryl/α,β-unsaturated/α-hetero) is 1. The third-order valence-electron chi connectivity index (χ3n) is 4.65. The molecule has 1 N–H and O–H groups in total. The van der Waals surface area contributed by atoms with Gasteiger partial charge in [-0.25, -0.2) is 0 Å². The van der Waals surface area contributed by atoms with E-state index in [1.54, 1.807) is 48.8 Å². The molecule has 0 fully saturated rings. The fraction of sp³-hybridized carbons (Fsp3) is 0.0952. The molecular weight excluding hydrogens is 380 g/mol. The molecule has 0 radical (unpaired) electrons. The molecule has 28 heavy (non-hydrogen) atoms. The average molecular weight is 395 g/mol. The first-order chi connectivity index (χ1) is 13.5. The first-order valence-corrected chi connectivity index (χ1v) is 8.88. The van der Waals surface area contributed by atoms with Crippen LogP contribution in [-0.2, 0) is 4.79 Å². The van der Waals surface area contributed by atoms with E-state index in [4.69, 9.17) is 16.0 Å². The Morgan fingerprint density at radius 3 is 2.61 bits per heavy atom. The zero-order chi connectivity index (χ0) is 19.8. The monoisotopic (exact) mass is 394 g/mol. The van der Waals surface area contributed by atoms with Crippen LogP contribution in [0, 0.1) is 6.92 Å². The number of pyridine rings is 1. The number of ketones is 1. The Morgan fingerprint density at radius 2 is 1.96 bits per heavy atom. The molecule has 1 aromatic carbocycles. The molecule has 7 heteroatoms. The lowest BCUT2D eigenvalue weighted by Gasteiger charge is -2.27. The van der Waals surface area contributed by atoms with Crippen LogP contribution < -0.4 is 4.90 Å². The summed E-state index contributed by atoms with van der Waals surface area (Å²) in [7, 11) is 0. The molecule has 0 saturated carbocycles. The number of anilines is 1. The molecule has 1 amide bonds. The number of carbonyl (C=O) groups excluding carboxylic acids is 2. The topological polar surface area (TPSA) is 83.6 Å². The minimum Gasteiger partial charge on any atom is -0.503 e. The van der Waals surface area contributed by atoms with Crippen molar-refractivity contribution in [3.63, 3.8) is 0 Å². The highest BCUT2D eigenvalue weighted by molar-refractivity contribution is 6.31. The highest BCUT2D eigenvalue weighted by atomic mass is 35.5. The van der Waals surface area contributed by atoms with Gasteiger partial charge in [-0.3, -0.25) is 19.5 Å². The largest absolute Gasteiger partial charge is 0.503 e. The molecule has 3 heterocycles. The summed E-state index contributed by atoms with van der Waals surface area (Å²) in [6.07, 6.45) is 4.48. The Kier molecular flexibility index (Phi) is 4.49. The normalized spacial score (nSPS) is 16.7. The molecule has 1 atom stereocenters. The minimum absolute atomic E-state index is 0.0391. The Balaban J connectivity index is 1.89. The molecule has 6 nitrogen and oxygen atoms in total. The minimum atomic E-state index is -0.841. The maximum Gasteiger partial charge on any atom is 0.294 e. The lowest BCUT2D eigenvalue weighted by Crippen LogP contribution is -2.31. The number of benzene rings is 1. The summed E-state index contributed by atoms with van der Waals surface area (Å²) < 4.78 is 5.19. The van der Waals surface area contributed by atoms with Gasteiger partial charge < -0.3 is 9.52 Å². The van der Waals surface area contributed by atoms with Crippen molar-refractivity contribution in [1.29, 1.82) is 0 Å². The lowest BCUT2D eigenvalue weighted by molar-refractivity contribution is -0.117. The van der Waals surface area contributed by atoms with E-state index in [1.807, 2.05) is 6.92 Å². The van der Waals surface area contributed by atoms with E-state index in [9.17, 15) is 14.7 Å². The molecule has 2 aromatic heterocycles. The molecule has 0 aliphatic carbocycles. The van der Waals surface area contributed by atoms with E-state index >= 15 is 0 Å². The van der Waals surface area contributed by atoms with Crippen molar-refractivity contribution in [2.24, 2.45) is 0 Å². The number of aromatic nitrogens is 1. The number of rotatable bonds is 4. The van der Waals surface area contributed by atoms with Gasteiger partial charge in [0.05, 0.1) is 17.9 Å². The quantitative estimate of drug-likeness (QED) is 0.662. The van der Waals surface area contributed by atoms with Gasteiger partial charge in [0.15, 0.2) is 11.5 Å². The second kappa shape index (κ2) is 6.98. The number of hydrogen-bond acceptors (Lipinski definition) is 5. The SMILES string of the molecule is Cc1ccc(N2C(=O)C(O)=C(C(=O)c3ccco3)C2c2ccncc2)cc1Cl. The van der Waals surface area contributed by atoms with Crippen LogP contribution in [0.25, 0.3) is 0 Å². The fourth-order valence-electron chi connectivity index (χ4n) is 3.24. The Labute approximate surface area is 165 Å². The van der Waals surface area contributed by atoms with E-state index in [-0.39, 0.29) is 11.3 Å². The van der Waals surface area contributed by atoms with Gasteiger partial charge in [-0.05, 0) is 54.4 Å². The number of aryl methyl sites for hydroxylation is 1. The standard InChI is InChI=1S/C21H15ClN2O4/c1-12-4-5-14(11-15(12)22)24-18(13-6-8-23-9-7-13)17(20(26)21(24)27)19(25)16-3-2-10-28-16/h2-11,18,26H,1H3. The van der Waals surface area contributed by atoms with Crippen LogP contribution in [0.4, 0.5) is 5.69 Å². The number of hydrogen-bond donors (Lipinski definition) is 1. The van der Waals surface area contributed by atoms with E-state index in [0.29, 0.717) is 16.3 Å². The second-order valence-corrected chi connectivity index (χ2v) is 6.77. The molecule has 0 saturated heterocycles. The molecular formula is C21H15ClN2O4. The number of halogens is 1. The van der Waals surface area contributed by atoms with E-state index in [1.165, 1.54) is 17.2 Å². The Hall–Kier alpha value is -3.38. The lowest BCUT2D eigenvalue weighted by atomic mass is 9.95. The van der Waals surface area contributed by atoms with Crippen molar-refractivity contribution < 1.29 is 19.1 Å². The predicted molar refractivity (Wildman–Crippen MR) is 103 cm³/mol. The van der Waals surface area contributed by atoms with Crippen LogP contribution >= 0.6 is 11.6 Å². The highest BCUT2D eigenvalue weighted by Gasteiger charge is 2.45. The molecule has 1 unspecified atom stereocenters. The van der Waals surface area contributed by atoms with Gasteiger partial charge in [-0.2, -0.15) is 0 Å². The molecule has 0 spiro atoms. The van der Waals surface area contributed by atoms with E-state index < -0.39 is 23.5 Å². The number of carbonyl (C=O) groups is 2. The number of aliphatic hydroxyl groups excluding tert-OH is 1.